The number of hydrogen-bond donors (Lipinski definition) is 1. The van der Waals surface area contributed by atoms with Crippen LogP contribution >= 0.6 is 12.4 Å². The van der Waals surface area contributed by atoms with Gasteiger partial charge in [0.05, 0.1) is 18.8 Å². The largest absolute Gasteiger partial charge is 0.378 e. The molecule has 8 nitrogen and oxygen atoms in total. The van der Waals surface area contributed by atoms with Crippen molar-refractivity contribution in [1.29, 1.82) is 0 Å². The van der Waals surface area contributed by atoms with Crippen LogP contribution in [-0.2, 0) is 9.53 Å². The molecule has 0 aliphatic carbocycles. The molecule has 5 rings (SSSR count). The van der Waals surface area contributed by atoms with E-state index in [9.17, 15) is 4.79 Å². The first-order valence-electron chi connectivity index (χ1n) is 11.9. The summed E-state index contributed by atoms with van der Waals surface area (Å²) in [6.07, 6.45) is 0. The quantitative estimate of drug-likeness (QED) is 0.594. The minimum atomic E-state index is -0.854. The number of morpholine rings is 1. The lowest BCUT2D eigenvalue weighted by Gasteiger charge is -2.38. The van der Waals surface area contributed by atoms with E-state index in [1.54, 1.807) is 13.8 Å². The second-order valence-electron chi connectivity index (χ2n) is 9.57. The normalized spacial score (nSPS) is 16.8. The van der Waals surface area contributed by atoms with Crippen molar-refractivity contribution in [3.05, 3.63) is 48.5 Å². The Kier molecular flexibility index (Phi) is 7.44. The molecule has 0 unspecified atom stereocenters. The first kappa shape index (κ1) is 25.2. The minimum Gasteiger partial charge on any atom is -0.378 e. The summed E-state index contributed by atoms with van der Waals surface area (Å²) in [6, 6.07) is 16.8. The van der Waals surface area contributed by atoms with Crippen LogP contribution in [0.1, 0.15) is 13.8 Å². The van der Waals surface area contributed by atoms with Crippen molar-refractivity contribution in [2.45, 2.75) is 19.4 Å². The highest BCUT2D eigenvalue weighted by Gasteiger charge is 2.31. The number of hydrogen-bond acceptors (Lipinski definition) is 7. The predicted octanol–water partition coefficient (Wildman–Crippen LogP) is 2.94. The second kappa shape index (κ2) is 10.4. The zero-order valence-corrected chi connectivity index (χ0v) is 21.1. The number of amides is 1. The standard InChI is InChI=1S/C26H32N6O2.ClH/c1-26(2,27)25(33)32-13-11-31(12-14-32)24-22-6-4-3-5-21(22)23(28-29-24)19-7-9-20(10-8-19)30-15-17-34-18-16-30;/h3-10H,11-18,27H2,1-2H3;1H. The summed E-state index contributed by atoms with van der Waals surface area (Å²) in [5, 5.41) is 11.5. The fourth-order valence-corrected chi connectivity index (χ4v) is 4.72. The monoisotopic (exact) mass is 496 g/mol. The van der Waals surface area contributed by atoms with Crippen LogP contribution in [0, 0.1) is 0 Å². The molecule has 0 bridgehead atoms. The summed E-state index contributed by atoms with van der Waals surface area (Å²) >= 11 is 0. The number of fused-ring (bicyclic) bond motifs is 1. The van der Waals surface area contributed by atoms with E-state index in [4.69, 9.17) is 10.5 Å². The van der Waals surface area contributed by atoms with Gasteiger partial charge < -0.3 is 25.2 Å². The fourth-order valence-electron chi connectivity index (χ4n) is 4.72. The van der Waals surface area contributed by atoms with Crippen molar-refractivity contribution < 1.29 is 9.53 Å². The number of rotatable bonds is 4. The van der Waals surface area contributed by atoms with Gasteiger partial charge in [-0.2, -0.15) is 0 Å². The molecular formula is C26H33ClN6O2. The number of carbonyl (C=O) groups is 1. The molecule has 2 N–H and O–H groups in total. The highest BCUT2D eigenvalue weighted by molar-refractivity contribution is 6.00. The van der Waals surface area contributed by atoms with Crippen LogP contribution in [0.15, 0.2) is 48.5 Å². The summed E-state index contributed by atoms with van der Waals surface area (Å²) in [6.45, 7) is 9.54. The zero-order valence-electron chi connectivity index (χ0n) is 20.3. The van der Waals surface area contributed by atoms with Crippen LogP contribution in [0.4, 0.5) is 11.5 Å². The van der Waals surface area contributed by atoms with E-state index in [2.05, 4.69) is 56.4 Å². The lowest BCUT2D eigenvalue weighted by molar-refractivity contribution is -0.136. The minimum absolute atomic E-state index is 0. The van der Waals surface area contributed by atoms with Gasteiger partial charge in [-0.3, -0.25) is 4.79 Å². The fraction of sp³-hybridized carbons (Fsp3) is 0.423. The summed E-state index contributed by atoms with van der Waals surface area (Å²) in [5.41, 5.74) is 8.30. The lowest BCUT2D eigenvalue weighted by Crippen LogP contribution is -2.57. The Balaban J connectivity index is 0.00000289. The molecule has 0 atom stereocenters. The topological polar surface area (TPSA) is 87.8 Å². The van der Waals surface area contributed by atoms with Crippen LogP contribution in [0.3, 0.4) is 0 Å². The van der Waals surface area contributed by atoms with E-state index in [1.807, 2.05) is 17.0 Å². The Morgan fingerprint density at radius 2 is 1.49 bits per heavy atom. The number of anilines is 2. The third-order valence-corrected chi connectivity index (χ3v) is 6.60. The van der Waals surface area contributed by atoms with Crippen molar-refractivity contribution in [1.82, 2.24) is 15.1 Å². The molecular weight excluding hydrogens is 464 g/mol. The van der Waals surface area contributed by atoms with Gasteiger partial charge in [0.1, 0.15) is 5.69 Å². The maximum Gasteiger partial charge on any atom is 0.242 e. The molecule has 35 heavy (non-hydrogen) atoms. The van der Waals surface area contributed by atoms with E-state index in [-0.39, 0.29) is 18.3 Å². The smallest absolute Gasteiger partial charge is 0.242 e. The first-order chi connectivity index (χ1) is 16.4. The Labute approximate surface area is 212 Å². The van der Waals surface area contributed by atoms with Gasteiger partial charge in [0.2, 0.25) is 5.91 Å². The van der Waals surface area contributed by atoms with Crippen LogP contribution in [0.25, 0.3) is 22.0 Å². The highest BCUT2D eigenvalue weighted by Crippen LogP contribution is 2.32. The Bertz CT molecular complexity index is 1170. The number of ether oxygens (including phenoxy) is 1. The summed E-state index contributed by atoms with van der Waals surface area (Å²) in [7, 11) is 0. The average Bonchev–Trinajstić information content (AvgIpc) is 2.88. The van der Waals surface area contributed by atoms with Gasteiger partial charge in [0.25, 0.3) is 0 Å². The number of benzene rings is 2. The molecule has 9 heteroatoms. The molecule has 1 aromatic heterocycles. The van der Waals surface area contributed by atoms with Crippen LogP contribution in [0.2, 0.25) is 0 Å². The first-order valence-corrected chi connectivity index (χ1v) is 11.9. The third-order valence-electron chi connectivity index (χ3n) is 6.60. The van der Waals surface area contributed by atoms with Crippen molar-refractivity contribution in [3.8, 4) is 11.3 Å². The molecule has 3 heterocycles. The van der Waals surface area contributed by atoms with Gasteiger partial charge in [0.15, 0.2) is 5.82 Å². The molecule has 1 amide bonds. The van der Waals surface area contributed by atoms with Gasteiger partial charge in [0, 0.05) is 61.3 Å². The van der Waals surface area contributed by atoms with Crippen LogP contribution < -0.4 is 15.5 Å². The number of nitrogens with two attached hydrogens (primary N) is 1. The van der Waals surface area contributed by atoms with Crippen LogP contribution in [0.5, 0.6) is 0 Å². The highest BCUT2D eigenvalue weighted by atomic mass is 35.5. The van der Waals surface area contributed by atoms with Gasteiger partial charge in [-0.15, -0.1) is 22.6 Å². The maximum atomic E-state index is 12.5. The van der Waals surface area contributed by atoms with E-state index >= 15 is 0 Å². The Hall–Kier alpha value is -2.94. The van der Waals surface area contributed by atoms with Crippen molar-refractivity contribution in [2.24, 2.45) is 5.73 Å². The summed E-state index contributed by atoms with van der Waals surface area (Å²) in [5.74, 6) is 0.849. The van der Waals surface area contributed by atoms with Crippen molar-refractivity contribution in [2.75, 3.05) is 62.3 Å². The number of halogens is 1. The SMILES string of the molecule is CC(C)(N)C(=O)N1CCN(c2nnc(-c3ccc(N4CCOCC4)cc3)c3ccccc23)CC1.Cl. The average molecular weight is 497 g/mol. The summed E-state index contributed by atoms with van der Waals surface area (Å²) < 4.78 is 5.47. The Morgan fingerprint density at radius 1 is 0.857 bits per heavy atom. The molecule has 0 saturated carbocycles. The van der Waals surface area contributed by atoms with Crippen molar-refractivity contribution in [3.63, 3.8) is 0 Å². The molecule has 2 fully saturated rings. The number of piperazine rings is 1. The summed E-state index contributed by atoms with van der Waals surface area (Å²) in [4.78, 5) is 19.0. The lowest BCUT2D eigenvalue weighted by atomic mass is 10.0. The molecule has 0 spiro atoms. The molecule has 2 aromatic carbocycles. The van der Waals surface area contributed by atoms with Gasteiger partial charge in [-0.25, -0.2) is 0 Å². The third kappa shape index (κ3) is 5.19. The van der Waals surface area contributed by atoms with E-state index in [0.29, 0.717) is 26.2 Å². The van der Waals surface area contributed by atoms with Gasteiger partial charge in [-0.05, 0) is 26.0 Å². The molecule has 2 aliphatic rings. The molecule has 0 radical (unpaired) electrons. The molecule has 186 valence electrons. The second-order valence-corrected chi connectivity index (χ2v) is 9.57. The molecule has 2 aliphatic heterocycles. The van der Waals surface area contributed by atoms with Crippen molar-refractivity contribution >= 4 is 40.6 Å². The van der Waals surface area contributed by atoms with E-state index < -0.39 is 5.54 Å². The van der Waals surface area contributed by atoms with Gasteiger partial charge in [-0.1, -0.05) is 36.4 Å². The predicted molar refractivity (Wildman–Crippen MR) is 142 cm³/mol. The van der Waals surface area contributed by atoms with Crippen LogP contribution in [-0.4, -0.2) is 79.0 Å². The maximum absolute atomic E-state index is 12.5. The van der Waals surface area contributed by atoms with E-state index in [0.717, 1.165) is 54.2 Å². The van der Waals surface area contributed by atoms with Gasteiger partial charge >= 0.3 is 0 Å². The number of aromatic nitrogens is 2. The number of nitrogens with zero attached hydrogens (tertiary/aromatic N) is 5. The van der Waals surface area contributed by atoms with E-state index in [1.165, 1.54) is 5.69 Å². The molecule has 3 aromatic rings. The number of carbonyl (C=O) groups excluding carboxylic acids is 1. The molecule has 2 saturated heterocycles. The Morgan fingerprint density at radius 3 is 2.11 bits per heavy atom. The zero-order chi connectivity index (χ0) is 23.7.